The van der Waals surface area contributed by atoms with Gasteiger partial charge in [0.25, 0.3) is 5.91 Å². The normalized spacial score (nSPS) is 15.7. The molecule has 0 bridgehead atoms. The van der Waals surface area contributed by atoms with E-state index in [-0.39, 0.29) is 39.9 Å². The monoisotopic (exact) mass is 608 g/mol. The Bertz CT molecular complexity index is 1740. The van der Waals surface area contributed by atoms with Gasteiger partial charge >= 0.3 is 0 Å². The molecule has 3 aromatic heterocycles. The van der Waals surface area contributed by atoms with Crippen LogP contribution >= 0.6 is 15.9 Å². The van der Waals surface area contributed by atoms with Gasteiger partial charge in [0.2, 0.25) is 5.65 Å². The molecule has 2 N–H and O–H groups in total. The largest absolute Gasteiger partial charge is 0.396 e. The predicted octanol–water partition coefficient (Wildman–Crippen LogP) is 3.40. The van der Waals surface area contributed by atoms with Crippen molar-refractivity contribution in [3.05, 3.63) is 82.5 Å². The van der Waals surface area contributed by atoms with Crippen LogP contribution in [0.4, 0.5) is 20.3 Å². The third-order valence-corrected chi connectivity index (χ3v) is 7.71. The van der Waals surface area contributed by atoms with Crippen molar-refractivity contribution >= 4 is 39.0 Å². The van der Waals surface area contributed by atoms with Gasteiger partial charge in [0.15, 0.2) is 11.6 Å². The quantitative estimate of drug-likeness (QED) is 0.238. The van der Waals surface area contributed by atoms with E-state index in [4.69, 9.17) is 5.73 Å². The van der Waals surface area contributed by atoms with Gasteiger partial charge in [-0.25, -0.2) is 18.4 Å². The van der Waals surface area contributed by atoms with Crippen LogP contribution in [0.15, 0.2) is 59.7 Å². The number of fused-ring (bicyclic) bond motifs is 1. The van der Waals surface area contributed by atoms with Gasteiger partial charge in [0, 0.05) is 49.2 Å². The van der Waals surface area contributed by atoms with Crippen LogP contribution in [-0.2, 0) is 6.54 Å². The van der Waals surface area contributed by atoms with Crippen molar-refractivity contribution in [3.8, 4) is 11.3 Å². The molecule has 6 rings (SSSR count). The number of nitrogens with two attached hydrogens (primary N) is 1. The summed E-state index contributed by atoms with van der Waals surface area (Å²) in [6.45, 7) is 3.86. The maximum Gasteiger partial charge on any atom is 0.254 e. The number of anilines is 2. The van der Waals surface area contributed by atoms with Crippen molar-refractivity contribution < 1.29 is 13.6 Å². The molecule has 1 unspecified atom stereocenters. The van der Waals surface area contributed by atoms with Gasteiger partial charge in [-0.2, -0.15) is 0 Å². The minimum Gasteiger partial charge on any atom is -0.396 e. The van der Waals surface area contributed by atoms with Crippen molar-refractivity contribution in [3.63, 3.8) is 0 Å². The van der Waals surface area contributed by atoms with Crippen LogP contribution in [0.5, 0.6) is 0 Å². The number of benzene rings is 2. The fourth-order valence-electron chi connectivity index (χ4n) is 4.94. The Kier molecular flexibility index (Phi) is 6.62. The van der Waals surface area contributed by atoms with E-state index in [1.807, 2.05) is 34.4 Å². The number of rotatable bonds is 5. The Morgan fingerprint density at radius 3 is 2.85 bits per heavy atom. The molecule has 1 fully saturated rings. The molecule has 14 heteroatoms. The lowest BCUT2D eigenvalue weighted by Gasteiger charge is -2.40. The summed E-state index contributed by atoms with van der Waals surface area (Å²) in [5, 5.41) is 16.3. The molecular weight excluding hydrogens is 586 g/mol. The topological polar surface area (TPSA) is 123 Å². The highest BCUT2D eigenvalue weighted by Crippen LogP contribution is 2.33. The average Bonchev–Trinajstić information content (AvgIpc) is 3.64. The fraction of sp³-hybridized carbons (Fsp3) is 0.231. The van der Waals surface area contributed by atoms with Gasteiger partial charge in [-0.15, -0.1) is 15.3 Å². The van der Waals surface area contributed by atoms with Crippen LogP contribution in [0.25, 0.3) is 16.9 Å². The molecule has 4 heterocycles. The van der Waals surface area contributed by atoms with Crippen LogP contribution < -0.4 is 10.6 Å². The Morgan fingerprint density at radius 2 is 2.02 bits per heavy atom. The second-order valence-electron chi connectivity index (χ2n) is 9.51. The van der Waals surface area contributed by atoms with E-state index in [0.29, 0.717) is 30.8 Å². The Hall–Kier alpha value is -4.46. The zero-order valence-electron chi connectivity index (χ0n) is 21.2. The second-order valence-corrected chi connectivity index (χ2v) is 10.3. The number of hydrogen-bond donors (Lipinski definition) is 1. The lowest BCUT2D eigenvalue weighted by molar-refractivity contribution is 0.0725. The number of halogens is 3. The van der Waals surface area contributed by atoms with Gasteiger partial charge in [-0.05, 0) is 40.5 Å². The van der Waals surface area contributed by atoms with E-state index in [2.05, 4.69) is 46.3 Å². The molecule has 1 saturated heterocycles. The summed E-state index contributed by atoms with van der Waals surface area (Å²) >= 11 is 2.85. The highest BCUT2D eigenvalue weighted by atomic mass is 79.9. The van der Waals surface area contributed by atoms with Crippen LogP contribution in [0.1, 0.15) is 22.8 Å². The first kappa shape index (κ1) is 25.8. The van der Waals surface area contributed by atoms with Crippen molar-refractivity contribution in [2.75, 3.05) is 30.3 Å². The third-order valence-electron chi connectivity index (χ3n) is 6.98. The molecule has 2 aromatic carbocycles. The van der Waals surface area contributed by atoms with Gasteiger partial charge in [0.1, 0.15) is 17.8 Å². The first-order valence-corrected chi connectivity index (χ1v) is 13.2. The Balaban J connectivity index is 1.20. The molecular formula is C26H23BrF2N10O. The molecule has 40 heavy (non-hydrogen) atoms. The van der Waals surface area contributed by atoms with E-state index >= 15 is 0 Å². The summed E-state index contributed by atoms with van der Waals surface area (Å²) in [5.41, 5.74) is 7.87. The predicted molar refractivity (Wildman–Crippen MR) is 147 cm³/mol. The van der Waals surface area contributed by atoms with E-state index in [0.717, 1.165) is 17.4 Å². The number of nitrogen functional groups attached to an aromatic ring is 1. The molecule has 0 radical (unpaired) electrons. The molecule has 1 amide bonds. The molecule has 0 saturated carbocycles. The van der Waals surface area contributed by atoms with Crippen LogP contribution in [-0.4, -0.2) is 71.1 Å². The lowest BCUT2D eigenvalue weighted by Crippen LogP contribution is -2.54. The van der Waals surface area contributed by atoms with Gasteiger partial charge in [-0.3, -0.25) is 9.20 Å². The summed E-state index contributed by atoms with van der Waals surface area (Å²) in [7, 11) is 0. The smallest absolute Gasteiger partial charge is 0.254 e. The van der Waals surface area contributed by atoms with Gasteiger partial charge in [0.05, 0.1) is 22.9 Å². The van der Waals surface area contributed by atoms with Crippen molar-refractivity contribution in [2.45, 2.75) is 19.5 Å². The van der Waals surface area contributed by atoms with Crippen molar-refractivity contribution in [1.82, 2.24) is 39.5 Å². The average molecular weight is 609 g/mol. The van der Waals surface area contributed by atoms with Crippen molar-refractivity contribution in [2.24, 2.45) is 0 Å². The number of nitrogens with zero attached hydrogens (tertiary/aromatic N) is 9. The van der Waals surface area contributed by atoms with Crippen LogP contribution in [0.3, 0.4) is 0 Å². The SMILES string of the molecule is CC1CN(C(=O)c2ccccc2Cn2cc(-c3cc(F)c(Br)c(F)c3N)nn2)CCN1c1nccn2cnnc12. The maximum atomic E-state index is 14.3. The van der Waals surface area contributed by atoms with Gasteiger partial charge < -0.3 is 15.5 Å². The molecule has 1 aliphatic rings. The van der Waals surface area contributed by atoms with E-state index in [1.165, 1.54) is 4.68 Å². The number of carbonyl (C=O) groups is 1. The standard InChI is InChI=1S/C26H23BrF2N10O/c1-15-11-36(8-9-39(15)24-25-34-32-14-37(25)7-6-31-24)26(40)17-5-3-2-4-16(17)12-38-13-20(33-35-38)18-10-19(28)21(27)22(29)23(18)30/h2-7,10,13-15H,8-9,11-12,30H2,1H3. The molecule has 0 spiro atoms. The molecule has 1 aliphatic heterocycles. The number of amides is 1. The molecule has 0 aliphatic carbocycles. The third kappa shape index (κ3) is 4.53. The second kappa shape index (κ2) is 10.3. The lowest BCUT2D eigenvalue weighted by atomic mass is 10.0. The fourth-order valence-corrected chi connectivity index (χ4v) is 5.26. The molecule has 5 aromatic rings. The number of piperazine rings is 1. The molecule has 204 valence electrons. The van der Waals surface area contributed by atoms with E-state index < -0.39 is 11.6 Å². The van der Waals surface area contributed by atoms with E-state index in [9.17, 15) is 13.6 Å². The number of carbonyl (C=O) groups excluding carboxylic acids is 1. The summed E-state index contributed by atoms with van der Waals surface area (Å²) in [4.78, 5) is 22.1. The number of hydrogen-bond acceptors (Lipinski definition) is 8. The van der Waals surface area contributed by atoms with Crippen LogP contribution in [0, 0.1) is 11.6 Å². The Labute approximate surface area is 235 Å². The molecule has 1 atom stereocenters. The zero-order valence-corrected chi connectivity index (χ0v) is 22.8. The highest BCUT2D eigenvalue weighted by molar-refractivity contribution is 9.10. The summed E-state index contributed by atoms with van der Waals surface area (Å²) in [6, 6.07) is 8.38. The van der Waals surface area contributed by atoms with Crippen LogP contribution in [0.2, 0.25) is 0 Å². The highest BCUT2D eigenvalue weighted by Gasteiger charge is 2.30. The minimum atomic E-state index is -0.899. The minimum absolute atomic E-state index is 0.00436. The summed E-state index contributed by atoms with van der Waals surface area (Å²) < 4.78 is 31.4. The summed E-state index contributed by atoms with van der Waals surface area (Å²) in [5.74, 6) is -1.07. The maximum absolute atomic E-state index is 14.3. The zero-order chi connectivity index (χ0) is 28.0. The number of aromatic nitrogens is 7. The Morgan fingerprint density at radius 1 is 1.20 bits per heavy atom. The van der Waals surface area contributed by atoms with Gasteiger partial charge in [-0.1, -0.05) is 23.4 Å². The summed E-state index contributed by atoms with van der Waals surface area (Å²) in [6.07, 6.45) is 6.67. The first-order chi connectivity index (χ1) is 19.3. The molecule has 11 nitrogen and oxygen atoms in total. The van der Waals surface area contributed by atoms with E-state index in [1.54, 1.807) is 31.0 Å². The van der Waals surface area contributed by atoms with Crippen molar-refractivity contribution in [1.29, 1.82) is 0 Å². The first-order valence-electron chi connectivity index (χ1n) is 12.4.